The molecule has 1 atom stereocenters. The number of aromatic amines is 1. The van der Waals surface area contributed by atoms with Crippen molar-refractivity contribution in [2.75, 3.05) is 20.1 Å². The molecule has 2 saturated heterocycles. The molecule has 1 aromatic heterocycles. The van der Waals surface area contributed by atoms with Gasteiger partial charge in [-0.1, -0.05) is 25.7 Å². The molecule has 0 radical (unpaired) electrons. The molecule has 1 spiro atoms. The molecule has 0 aliphatic carbocycles. The zero-order chi connectivity index (χ0) is 20.3. The molecule has 1 amide bonds. The van der Waals surface area contributed by atoms with E-state index in [9.17, 15) is 4.79 Å². The maximum absolute atomic E-state index is 9.59. The molecule has 27 heavy (non-hydrogen) atoms. The fourth-order valence-corrected chi connectivity index (χ4v) is 3.09. The number of nitrogens with zero attached hydrogens (tertiary/aromatic N) is 1. The number of hydrogen-bond acceptors (Lipinski definition) is 3. The number of carbonyl (C=O) groups is 1. The van der Waals surface area contributed by atoms with Crippen LogP contribution in [0, 0.1) is 19.2 Å². The maximum Gasteiger partial charge on any atom is 0.217 e. The van der Waals surface area contributed by atoms with E-state index in [1.54, 1.807) is 13.0 Å². The number of allylic oxidation sites excluding steroid dienone is 2. The van der Waals surface area contributed by atoms with Crippen LogP contribution in [0.25, 0.3) is 6.08 Å². The normalized spacial score (nSPS) is 21.0. The number of primary amides is 1. The number of rotatable bonds is 3. The number of aromatic nitrogens is 1. The van der Waals surface area contributed by atoms with Crippen LogP contribution in [0.2, 0.25) is 0 Å². The summed E-state index contributed by atoms with van der Waals surface area (Å²) in [6.45, 7) is 11.9. The molecule has 0 aromatic carbocycles. The van der Waals surface area contributed by atoms with Crippen LogP contribution < -0.4 is 5.73 Å². The number of amides is 1. The van der Waals surface area contributed by atoms with Crippen molar-refractivity contribution in [3.05, 3.63) is 42.3 Å². The topological polar surface area (TPSA) is 71.3 Å². The van der Waals surface area contributed by atoms with E-state index in [1.165, 1.54) is 38.8 Å². The van der Waals surface area contributed by atoms with Gasteiger partial charge in [0.15, 0.2) is 0 Å². The van der Waals surface area contributed by atoms with Gasteiger partial charge in [-0.25, -0.2) is 0 Å². The van der Waals surface area contributed by atoms with Gasteiger partial charge in [0.25, 0.3) is 0 Å². The van der Waals surface area contributed by atoms with Crippen molar-refractivity contribution in [3.8, 4) is 0 Å². The molecule has 2 fully saturated rings. The highest BCUT2D eigenvalue weighted by Crippen LogP contribution is 2.38. The van der Waals surface area contributed by atoms with Crippen molar-refractivity contribution < 1.29 is 9.53 Å². The Morgan fingerprint density at radius 3 is 2.48 bits per heavy atom. The highest BCUT2D eigenvalue weighted by atomic mass is 16.5. The monoisotopic (exact) mass is 373 g/mol. The van der Waals surface area contributed by atoms with Gasteiger partial charge in [0.1, 0.15) is 0 Å². The summed E-state index contributed by atoms with van der Waals surface area (Å²) in [7, 11) is 2.20. The Morgan fingerprint density at radius 2 is 2.07 bits per heavy atom. The first-order valence-corrected chi connectivity index (χ1v) is 9.73. The van der Waals surface area contributed by atoms with Crippen LogP contribution in [0.5, 0.6) is 0 Å². The number of carbonyl (C=O) groups excluding carboxylic acids is 1. The van der Waals surface area contributed by atoms with Crippen LogP contribution in [0.1, 0.15) is 57.2 Å². The van der Waals surface area contributed by atoms with Crippen LogP contribution in [0.3, 0.4) is 0 Å². The highest BCUT2D eigenvalue weighted by Gasteiger charge is 2.40. The number of nitrogens with two attached hydrogens (primary N) is 1. The Balaban J connectivity index is 0.000000221. The van der Waals surface area contributed by atoms with E-state index in [4.69, 9.17) is 4.74 Å². The van der Waals surface area contributed by atoms with E-state index in [0.29, 0.717) is 12.5 Å². The largest absolute Gasteiger partial charge is 0.372 e. The first kappa shape index (κ1) is 23.0. The lowest BCUT2D eigenvalue weighted by Gasteiger charge is -2.37. The summed E-state index contributed by atoms with van der Waals surface area (Å²) in [6, 6.07) is 2.91. The third-order valence-corrected chi connectivity index (χ3v) is 4.95. The summed E-state index contributed by atoms with van der Waals surface area (Å²) >= 11 is 0. The molecule has 3 N–H and O–H groups in total. The molecule has 5 heteroatoms. The SMILES string of the molecule is C=C/C=C\c1[nH]c#cc1C.CC1CCC2(CCN(C)CC2)O1.CCC(N)=O. The van der Waals surface area contributed by atoms with Crippen molar-refractivity contribution in [2.24, 2.45) is 5.73 Å². The fourth-order valence-electron chi connectivity index (χ4n) is 3.09. The summed E-state index contributed by atoms with van der Waals surface area (Å²) in [5.41, 5.74) is 7.06. The van der Waals surface area contributed by atoms with E-state index >= 15 is 0 Å². The van der Waals surface area contributed by atoms with Gasteiger partial charge in [-0.15, -0.1) is 0 Å². The van der Waals surface area contributed by atoms with Gasteiger partial charge in [0.05, 0.1) is 17.4 Å². The molecule has 150 valence electrons. The van der Waals surface area contributed by atoms with Crippen molar-refractivity contribution in [1.29, 1.82) is 0 Å². The van der Waals surface area contributed by atoms with Gasteiger partial charge in [-0.05, 0) is 58.7 Å². The van der Waals surface area contributed by atoms with Gasteiger partial charge in [-0.3, -0.25) is 4.79 Å². The summed E-state index contributed by atoms with van der Waals surface area (Å²) in [6.07, 6.45) is 14.3. The predicted molar refractivity (Wildman–Crippen MR) is 111 cm³/mol. The summed E-state index contributed by atoms with van der Waals surface area (Å²) < 4.78 is 6.01. The predicted octanol–water partition coefficient (Wildman–Crippen LogP) is 3.65. The molecular weight excluding hydrogens is 338 g/mol. The summed E-state index contributed by atoms with van der Waals surface area (Å²) in [4.78, 5) is 14.9. The quantitative estimate of drug-likeness (QED) is 0.795. The highest BCUT2D eigenvalue weighted by molar-refractivity contribution is 5.73. The van der Waals surface area contributed by atoms with Gasteiger partial charge >= 0.3 is 0 Å². The molecule has 2 aliphatic heterocycles. The molecule has 0 bridgehead atoms. The fraction of sp³-hybridized carbons (Fsp3) is 0.591. The number of hydrogen-bond donors (Lipinski definition) is 2. The Hall–Kier alpha value is -2.03. The molecule has 5 nitrogen and oxygen atoms in total. The lowest BCUT2D eigenvalue weighted by atomic mass is 9.89. The van der Waals surface area contributed by atoms with Gasteiger partial charge in [0.2, 0.25) is 5.91 Å². The average Bonchev–Trinajstić information content (AvgIpc) is 3.23. The summed E-state index contributed by atoms with van der Waals surface area (Å²) in [5.74, 6) is -0.245. The van der Waals surface area contributed by atoms with Crippen LogP contribution in [-0.4, -0.2) is 47.6 Å². The zero-order valence-corrected chi connectivity index (χ0v) is 17.3. The van der Waals surface area contributed by atoms with Crippen molar-refractivity contribution in [1.82, 2.24) is 9.88 Å². The van der Waals surface area contributed by atoms with E-state index in [-0.39, 0.29) is 11.5 Å². The van der Waals surface area contributed by atoms with E-state index in [0.717, 1.165) is 11.3 Å². The molecule has 3 rings (SSSR count). The minimum absolute atomic E-state index is 0.245. The minimum atomic E-state index is -0.245. The Bertz CT molecular complexity index is 598. The number of likely N-dealkylation sites (tertiary alicyclic amines) is 1. The first-order valence-electron chi connectivity index (χ1n) is 9.73. The zero-order valence-electron chi connectivity index (χ0n) is 17.3. The third kappa shape index (κ3) is 8.47. The minimum Gasteiger partial charge on any atom is -0.372 e. The number of ether oxygens (including phenoxy) is 1. The van der Waals surface area contributed by atoms with Gasteiger partial charge in [0, 0.05) is 31.3 Å². The average molecular weight is 374 g/mol. The molecule has 1 unspecified atom stereocenters. The maximum atomic E-state index is 9.59. The van der Waals surface area contributed by atoms with E-state index < -0.39 is 0 Å². The Morgan fingerprint density at radius 1 is 1.44 bits per heavy atom. The number of nitrogens with one attached hydrogen (secondary N) is 1. The van der Waals surface area contributed by atoms with Crippen molar-refractivity contribution in [3.63, 3.8) is 0 Å². The van der Waals surface area contributed by atoms with Crippen LogP contribution in [-0.2, 0) is 9.53 Å². The third-order valence-electron chi connectivity index (χ3n) is 4.95. The molecule has 1 aromatic rings. The van der Waals surface area contributed by atoms with E-state index in [1.807, 2.05) is 19.1 Å². The number of piperidine rings is 1. The second-order valence-electron chi connectivity index (χ2n) is 7.28. The molecule has 0 saturated carbocycles. The van der Waals surface area contributed by atoms with Gasteiger partial charge < -0.3 is 20.4 Å². The molecule has 2 aliphatic rings. The first-order chi connectivity index (χ1) is 12.8. The second kappa shape index (κ2) is 11.6. The smallest absolute Gasteiger partial charge is 0.217 e. The standard InChI is InChI=1S/C10H19NO.C9H9N.C3H7NO/c1-9-3-4-10(12-9)5-7-11(2)8-6-10;1-3-4-5-9-8(2)6-7-10-9;1-2-3(4)5/h9H,3-8H2,1-2H3;3-5,10H,1H2,2H3;2H2,1H3,(H2,4,5)/b;5-4-;. The number of H-pyrrole nitrogens is 1. The second-order valence-corrected chi connectivity index (χ2v) is 7.28. The van der Waals surface area contributed by atoms with Crippen LogP contribution in [0.4, 0.5) is 0 Å². The Kier molecular flexibility index (Phi) is 9.92. The van der Waals surface area contributed by atoms with Crippen molar-refractivity contribution >= 4 is 12.0 Å². The molecule has 3 heterocycles. The summed E-state index contributed by atoms with van der Waals surface area (Å²) in [5, 5.41) is 0. The lowest BCUT2D eigenvalue weighted by Crippen LogP contribution is -2.42. The lowest BCUT2D eigenvalue weighted by molar-refractivity contribution is -0.117. The van der Waals surface area contributed by atoms with Crippen LogP contribution in [0.15, 0.2) is 18.7 Å². The van der Waals surface area contributed by atoms with Crippen LogP contribution >= 0.6 is 0 Å². The Labute approximate surface area is 164 Å². The van der Waals surface area contributed by atoms with E-state index in [2.05, 4.69) is 48.4 Å². The molecular formula is C22H35N3O2. The van der Waals surface area contributed by atoms with Gasteiger partial charge in [-0.2, -0.15) is 0 Å². The van der Waals surface area contributed by atoms with Crippen molar-refractivity contribution in [2.45, 2.75) is 64.6 Å².